The molecule has 0 saturated carbocycles. The summed E-state index contributed by atoms with van der Waals surface area (Å²) in [6.45, 7) is 0.872. The summed E-state index contributed by atoms with van der Waals surface area (Å²) in [6.07, 6.45) is 0.940. The van der Waals surface area contributed by atoms with Crippen molar-refractivity contribution in [2.75, 3.05) is 13.1 Å². The van der Waals surface area contributed by atoms with Crippen molar-refractivity contribution in [3.63, 3.8) is 0 Å². The molecule has 2 aromatic rings. The van der Waals surface area contributed by atoms with Gasteiger partial charge < -0.3 is 9.88 Å². The predicted octanol–water partition coefficient (Wildman–Crippen LogP) is 1.85. The molecule has 27 heavy (non-hydrogen) atoms. The number of aromatic amines is 1. The number of H-pyrrole nitrogens is 1. The largest absolute Gasteiger partial charge is 0.349 e. The van der Waals surface area contributed by atoms with Crippen molar-refractivity contribution in [1.82, 2.24) is 24.4 Å². The van der Waals surface area contributed by atoms with E-state index in [0.717, 1.165) is 0 Å². The van der Waals surface area contributed by atoms with Gasteiger partial charge in [0.15, 0.2) is 10.6 Å². The summed E-state index contributed by atoms with van der Waals surface area (Å²) in [6, 6.07) is 6.09. The summed E-state index contributed by atoms with van der Waals surface area (Å²) in [5.41, 5.74) is 0. The average molecular weight is 430 g/mol. The van der Waals surface area contributed by atoms with Gasteiger partial charge in [0, 0.05) is 31.1 Å². The Hall–Kier alpha value is -1.75. The second-order valence-corrected chi connectivity index (χ2v) is 9.12. The lowest BCUT2D eigenvalue weighted by atomic mass is 9.97. The third-order valence-corrected chi connectivity index (χ3v) is 7.20. The molecule has 0 radical (unpaired) electrons. The lowest BCUT2D eigenvalue weighted by molar-refractivity contribution is -0.126. The van der Waals surface area contributed by atoms with Crippen LogP contribution in [0.25, 0.3) is 0 Å². The zero-order valence-corrected chi connectivity index (χ0v) is 17.1. The van der Waals surface area contributed by atoms with Gasteiger partial charge >= 0.3 is 0 Å². The Labute approximate surface area is 167 Å². The number of hydrogen-bond donors (Lipinski definition) is 2. The van der Waals surface area contributed by atoms with Gasteiger partial charge in [0.05, 0.1) is 11.4 Å². The van der Waals surface area contributed by atoms with Gasteiger partial charge in [-0.05, 0) is 49.3 Å². The molecule has 0 atom stereocenters. The molecule has 1 aliphatic rings. The Bertz CT molecular complexity index is 976. The molecule has 0 bridgehead atoms. The van der Waals surface area contributed by atoms with Gasteiger partial charge in [0.2, 0.25) is 15.9 Å². The van der Waals surface area contributed by atoms with Crippen LogP contribution in [0.2, 0.25) is 5.02 Å². The van der Waals surface area contributed by atoms with E-state index in [1.165, 1.54) is 16.4 Å². The first kappa shape index (κ1) is 20.0. The summed E-state index contributed by atoms with van der Waals surface area (Å²) >= 11 is 10.9. The summed E-state index contributed by atoms with van der Waals surface area (Å²) in [5.74, 6) is 0.303. The van der Waals surface area contributed by atoms with Crippen LogP contribution in [0.1, 0.15) is 18.7 Å². The van der Waals surface area contributed by atoms with Crippen molar-refractivity contribution < 1.29 is 13.2 Å². The van der Waals surface area contributed by atoms with E-state index >= 15 is 0 Å². The lowest BCUT2D eigenvalue weighted by Gasteiger charge is -2.30. The number of piperidine rings is 1. The van der Waals surface area contributed by atoms with Crippen LogP contribution in [0.3, 0.4) is 0 Å². The molecule has 0 aliphatic carbocycles. The van der Waals surface area contributed by atoms with E-state index < -0.39 is 10.0 Å². The number of sulfonamides is 1. The third-order valence-electron chi connectivity index (χ3n) is 4.67. The maximum Gasteiger partial charge on any atom is 0.243 e. The SMILES string of the molecule is Cn1c(CNC(=O)C2CCN(S(=O)(=O)c3ccc(Cl)cc3)CC2)n[nH]c1=S. The maximum atomic E-state index is 12.7. The standard InChI is InChI=1S/C16H20ClN5O3S2/c1-21-14(19-20-16(21)26)10-18-15(23)11-6-8-22(9-7-11)27(24,25)13-4-2-12(17)3-5-13/h2-5,11H,6-10H2,1H3,(H,18,23)(H,20,26). The van der Waals surface area contributed by atoms with Crippen molar-refractivity contribution in [3.05, 3.63) is 39.9 Å². The minimum Gasteiger partial charge on any atom is -0.349 e. The van der Waals surface area contributed by atoms with Crippen LogP contribution >= 0.6 is 23.8 Å². The smallest absolute Gasteiger partial charge is 0.243 e. The Morgan fingerprint density at radius 1 is 1.33 bits per heavy atom. The van der Waals surface area contributed by atoms with Crippen LogP contribution in [0.4, 0.5) is 0 Å². The quantitative estimate of drug-likeness (QED) is 0.706. The van der Waals surface area contributed by atoms with E-state index in [-0.39, 0.29) is 23.3 Å². The topological polar surface area (TPSA) is 100 Å². The van der Waals surface area contributed by atoms with E-state index in [9.17, 15) is 13.2 Å². The molecule has 1 aromatic heterocycles. The molecule has 1 saturated heterocycles. The van der Waals surface area contributed by atoms with Crippen molar-refractivity contribution in [1.29, 1.82) is 0 Å². The Kier molecular flexibility index (Phi) is 5.99. The van der Waals surface area contributed by atoms with Gasteiger partial charge in [-0.15, -0.1) is 0 Å². The second kappa shape index (κ2) is 8.09. The molecule has 0 unspecified atom stereocenters. The molecule has 3 rings (SSSR count). The van der Waals surface area contributed by atoms with E-state index in [4.69, 9.17) is 23.8 Å². The van der Waals surface area contributed by atoms with Gasteiger partial charge in [0.25, 0.3) is 0 Å². The van der Waals surface area contributed by atoms with Crippen LogP contribution in [0.15, 0.2) is 29.2 Å². The minimum atomic E-state index is -3.57. The van der Waals surface area contributed by atoms with E-state index in [1.807, 2.05) is 0 Å². The van der Waals surface area contributed by atoms with Crippen LogP contribution in [0, 0.1) is 10.7 Å². The van der Waals surface area contributed by atoms with Crippen molar-refractivity contribution in [3.8, 4) is 0 Å². The zero-order chi connectivity index (χ0) is 19.6. The number of nitrogens with one attached hydrogen (secondary N) is 2. The average Bonchev–Trinajstić information content (AvgIpc) is 2.98. The molecule has 2 N–H and O–H groups in total. The minimum absolute atomic E-state index is 0.104. The summed E-state index contributed by atoms with van der Waals surface area (Å²) in [7, 11) is -1.80. The molecule has 1 aromatic carbocycles. The van der Waals surface area contributed by atoms with E-state index in [1.54, 1.807) is 23.7 Å². The molecular formula is C16H20ClN5O3S2. The van der Waals surface area contributed by atoms with Crippen LogP contribution < -0.4 is 5.32 Å². The monoisotopic (exact) mass is 429 g/mol. The Morgan fingerprint density at radius 2 is 1.96 bits per heavy atom. The van der Waals surface area contributed by atoms with E-state index in [2.05, 4.69) is 15.5 Å². The van der Waals surface area contributed by atoms with Gasteiger partial charge in [-0.3, -0.25) is 9.89 Å². The molecular weight excluding hydrogens is 410 g/mol. The number of rotatable bonds is 5. The highest BCUT2D eigenvalue weighted by Crippen LogP contribution is 2.24. The number of halogens is 1. The highest BCUT2D eigenvalue weighted by atomic mass is 35.5. The fraction of sp³-hybridized carbons (Fsp3) is 0.438. The lowest BCUT2D eigenvalue weighted by Crippen LogP contribution is -2.43. The molecule has 1 amide bonds. The highest BCUT2D eigenvalue weighted by molar-refractivity contribution is 7.89. The van der Waals surface area contributed by atoms with Crippen molar-refractivity contribution >= 4 is 39.7 Å². The van der Waals surface area contributed by atoms with Gasteiger partial charge in [-0.1, -0.05) is 11.6 Å². The predicted molar refractivity (Wildman–Crippen MR) is 103 cm³/mol. The summed E-state index contributed by atoms with van der Waals surface area (Å²) < 4.78 is 29.0. The van der Waals surface area contributed by atoms with Gasteiger partial charge in [-0.25, -0.2) is 8.42 Å². The third kappa shape index (κ3) is 4.40. The van der Waals surface area contributed by atoms with Gasteiger partial charge in [0.1, 0.15) is 0 Å². The summed E-state index contributed by atoms with van der Waals surface area (Å²) in [4.78, 5) is 12.6. The molecule has 146 valence electrons. The first-order chi connectivity index (χ1) is 12.8. The zero-order valence-electron chi connectivity index (χ0n) is 14.7. The van der Waals surface area contributed by atoms with Crippen LogP contribution in [-0.2, 0) is 28.4 Å². The second-order valence-electron chi connectivity index (χ2n) is 6.35. The molecule has 11 heteroatoms. The van der Waals surface area contributed by atoms with Crippen molar-refractivity contribution in [2.24, 2.45) is 13.0 Å². The Morgan fingerprint density at radius 3 is 2.52 bits per heavy atom. The van der Waals surface area contributed by atoms with Crippen LogP contribution in [0.5, 0.6) is 0 Å². The highest BCUT2D eigenvalue weighted by Gasteiger charge is 2.32. The number of nitrogens with zero attached hydrogens (tertiary/aromatic N) is 3. The first-order valence-electron chi connectivity index (χ1n) is 8.43. The molecule has 8 nitrogen and oxygen atoms in total. The number of benzene rings is 1. The number of carbonyl (C=O) groups excluding carboxylic acids is 1. The Balaban J connectivity index is 1.56. The molecule has 1 fully saturated rings. The fourth-order valence-corrected chi connectivity index (χ4v) is 4.71. The van der Waals surface area contributed by atoms with E-state index in [0.29, 0.717) is 41.5 Å². The molecule has 2 heterocycles. The number of carbonyl (C=O) groups is 1. The molecule has 0 spiro atoms. The number of aromatic nitrogens is 3. The first-order valence-corrected chi connectivity index (χ1v) is 10.7. The normalized spacial score (nSPS) is 16.4. The molecule has 1 aliphatic heterocycles. The maximum absolute atomic E-state index is 12.7. The van der Waals surface area contributed by atoms with Crippen LogP contribution in [-0.4, -0.2) is 46.5 Å². The summed E-state index contributed by atoms with van der Waals surface area (Å²) in [5, 5.41) is 10.0. The number of hydrogen-bond acceptors (Lipinski definition) is 5. The fourth-order valence-electron chi connectivity index (χ4n) is 2.96. The number of amides is 1. The van der Waals surface area contributed by atoms with Crippen molar-refractivity contribution in [2.45, 2.75) is 24.3 Å². The van der Waals surface area contributed by atoms with Gasteiger partial charge in [-0.2, -0.15) is 9.40 Å².